The molecule has 1 aromatic heterocycles. The summed E-state index contributed by atoms with van der Waals surface area (Å²) in [4.78, 5) is 7.16. The first-order chi connectivity index (χ1) is 9.40. The molecule has 2 rings (SSSR count). The van der Waals surface area contributed by atoms with E-state index in [0.717, 1.165) is 0 Å². The zero-order valence-corrected chi connectivity index (χ0v) is 11.0. The molecule has 0 amide bonds. The fraction of sp³-hybridized carbons (Fsp3) is 0.167. The number of hydrogen-bond donors (Lipinski definition) is 1. The SMILES string of the molecule is COc1ccc(Nc2ncc(C(F)(F)F)c(Cl)n2)cc1. The number of methoxy groups -OCH3 is 1. The minimum absolute atomic E-state index is 0.0202. The molecular weight excluding hydrogens is 295 g/mol. The number of benzene rings is 1. The lowest BCUT2D eigenvalue weighted by atomic mass is 10.3. The molecule has 0 saturated carbocycles. The Morgan fingerprint density at radius 2 is 1.85 bits per heavy atom. The van der Waals surface area contributed by atoms with Crippen LogP contribution in [-0.4, -0.2) is 17.1 Å². The van der Waals surface area contributed by atoms with Crippen LogP contribution in [0.25, 0.3) is 0 Å². The number of anilines is 2. The van der Waals surface area contributed by atoms with Crippen LogP contribution >= 0.6 is 11.6 Å². The van der Waals surface area contributed by atoms with Gasteiger partial charge in [0.1, 0.15) is 16.5 Å². The fourth-order valence-electron chi connectivity index (χ4n) is 1.41. The van der Waals surface area contributed by atoms with Gasteiger partial charge in [0.05, 0.1) is 7.11 Å². The van der Waals surface area contributed by atoms with Crippen molar-refractivity contribution in [3.8, 4) is 5.75 Å². The van der Waals surface area contributed by atoms with E-state index in [1.807, 2.05) is 0 Å². The first kappa shape index (κ1) is 14.4. The van der Waals surface area contributed by atoms with Gasteiger partial charge in [0.15, 0.2) is 0 Å². The van der Waals surface area contributed by atoms with Crippen molar-refractivity contribution in [3.05, 3.63) is 41.2 Å². The standard InChI is InChI=1S/C12H9ClF3N3O/c1-20-8-4-2-7(3-5-8)18-11-17-6-9(10(13)19-11)12(14,15)16/h2-6H,1H3,(H,17,18,19). The van der Waals surface area contributed by atoms with E-state index in [1.165, 1.54) is 7.11 Å². The van der Waals surface area contributed by atoms with Crippen molar-refractivity contribution in [3.63, 3.8) is 0 Å². The molecule has 0 aliphatic rings. The average Bonchev–Trinajstić information content (AvgIpc) is 2.38. The van der Waals surface area contributed by atoms with Gasteiger partial charge in [-0.3, -0.25) is 0 Å². The maximum absolute atomic E-state index is 12.5. The van der Waals surface area contributed by atoms with Gasteiger partial charge in [-0.25, -0.2) is 9.97 Å². The van der Waals surface area contributed by atoms with Gasteiger partial charge in [0, 0.05) is 11.9 Å². The van der Waals surface area contributed by atoms with Gasteiger partial charge < -0.3 is 10.1 Å². The predicted molar refractivity (Wildman–Crippen MR) is 68.3 cm³/mol. The quantitative estimate of drug-likeness (QED) is 0.874. The summed E-state index contributed by atoms with van der Waals surface area (Å²) in [6.07, 6.45) is -3.93. The molecule has 20 heavy (non-hydrogen) atoms. The van der Waals surface area contributed by atoms with Crippen molar-refractivity contribution in [2.75, 3.05) is 12.4 Å². The van der Waals surface area contributed by atoms with Gasteiger partial charge in [-0.05, 0) is 24.3 Å². The van der Waals surface area contributed by atoms with Gasteiger partial charge in [-0.2, -0.15) is 13.2 Å². The van der Waals surface area contributed by atoms with E-state index < -0.39 is 16.9 Å². The average molecular weight is 304 g/mol. The molecule has 0 unspecified atom stereocenters. The molecule has 0 bridgehead atoms. The predicted octanol–water partition coefficient (Wildman–Crippen LogP) is 3.90. The topological polar surface area (TPSA) is 47.0 Å². The summed E-state index contributed by atoms with van der Waals surface area (Å²) in [7, 11) is 1.53. The van der Waals surface area contributed by atoms with Crippen molar-refractivity contribution < 1.29 is 17.9 Å². The highest BCUT2D eigenvalue weighted by atomic mass is 35.5. The van der Waals surface area contributed by atoms with E-state index >= 15 is 0 Å². The van der Waals surface area contributed by atoms with Crippen LogP contribution in [0.3, 0.4) is 0 Å². The third-order valence-electron chi connectivity index (χ3n) is 2.39. The van der Waals surface area contributed by atoms with Gasteiger partial charge in [0.2, 0.25) is 5.95 Å². The number of nitrogens with zero attached hydrogens (tertiary/aromatic N) is 2. The Balaban J connectivity index is 2.19. The summed E-state index contributed by atoms with van der Waals surface area (Å²) in [5.41, 5.74) is -0.471. The lowest BCUT2D eigenvalue weighted by Crippen LogP contribution is -2.09. The third kappa shape index (κ3) is 3.30. The highest BCUT2D eigenvalue weighted by Gasteiger charge is 2.34. The molecule has 0 saturated heterocycles. The number of halogens is 4. The maximum atomic E-state index is 12.5. The lowest BCUT2D eigenvalue weighted by molar-refractivity contribution is -0.137. The molecule has 106 valence electrons. The van der Waals surface area contributed by atoms with Crippen LogP contribution in [0.4, 0.5) is 24.8 Å². The van der Waals surface area contributed by atoms with Crippen LogP contribution in [0.1, 0.15) is 5.56 Å². The number of alkyl halides is 3. The van der Waals surface area contributed by atoms with Crippen LogP contribution < -0.4 is 10.1 Å². The van der Waals surface area contributed by atoms with Crippen molar-refractivity contribution >= 4 is 23.2 Å². The molecule has 0 aliphatic heterocycles. The summed E-state index contributed by atoms with van der Waals surface area (Å²) < 4.78 is 42.5. The molecule has 4 nitrogen and oxygen atoms in total. The molecular formula is C12H9ClF3N3O. The second kappa shape index (κ2) is 5.54. The largest absolute Gasteiger partial charge is 0.497 e. The minimum Gasteiger partial charge on any atom is -0.497 e. The Hall–Kier alpha value is -2.02. The van der Waals surface area contributed by atoms with Crippen molar-refractivity contribution in [1.82, 2.24) is 9.97 Å². The second-order valence-electron chi connectivity index (χ2n) is 3.75. The zero-order chi connectivity index (χ0) is 14.8. The molecule has 0 fully saturated rings. The first-order valence-corrected chi connectivity index (χ1v) is 5.79. The van der Waals surface area contributed by atoms with Crippen LogP contribution in [0.15, 0.2) is 30.5 Å². The highest BCUT2D eigenvalue weighted by Crippen LogP contribution is 2.33. The molecule has 0 atom stereocenters. The first-order valence-electron chi connectivity index (χ1n) is 5.41. The van der Waals surface area contributed by atoms with Gasteiger partial charge >= 0.3 is 6.18 Å². The third-order valence-corrected chi connectivity index (χ3v) is 2.68. The number of nitrogens with one attached hydrogen (secondary N) is 1. The molecule has 0 radical (unpaired) electrons. The molecule has 0 aliphatic carbocycles. The molecule has 0 spiro atoms. The second-order valence-corrected chi connectivity index (χ2v) is 4.11. The van der Waals surface area contributed by atoms with E-state index in [4.69, 9.17) is 16.3 Å². The number of hydrogen-bond acceptors (Lipinski definition) is 4. The lowest BCUT2D eigenvalue weighted by Gasteiger charge is -2.10. The smallest absolute Gasteiger partial charge is 0.420 e. The summed E-state index contributed by atoms with van der Waals surface area (Å²) in [5.74, 6) is 0.634. The summed E-state index contributed by atoms with van der Waals surface area (Å²) >= 11 is 5.50. The molecule has 1 N–H and O–H groups in total. The molecule has 1 heterocycles. The molecule has 2 aromatic rings. The highest BCUT2D eigenvalue weighted by molar-refractivity contribution is 6.30. The van der Waals surface area contributed by atoms with Crippen LogP contribution in [0.2, 0.25) is 5.15 Å². The van der Waals surface area contributed by atoms with Crippen molar-refractivity contribution in [2.24, 2.45) is 0 Å². The van der Waals surface area contributed by atoms with Gasteiger partial charge in [-0.1, -0.05) is 11.6 Å². The Morgan fingerprint density at radius 3 is 2.35 bits per heavy atom. The number of ether oxygens (including phenoxy) is 1. The molecule has 1 aromatic carbocycles. The van der Waals surface area contributed by atoms with E-state index in [0.29, 0.717) is 17.6 Å². The number of aromatic nitrogens is 2. The Labute approximate surface area is 117 Å². The normalized spacial score (nSPS) is 11.2. The Kier molecular flexibility index (Phi) is 3.99. The summed E-state index contributed by atoms with van der Waals surface area (Å²) in [6, 6.07) is 6.73. The number of rotatable bonds is 3. The summed E-state index contributed by atoms with van der Waals surface area (Å²) in [5, 5.41) is 2.10. The Bertz CT molecular complexity index is 602. The minimum atomic E-state index is -4.57. The van der Waals surface area contributed by atoms with E-state index in [2.05, 4.69) is 15.3 Å². The van der Waals surface area contributed by atoms with Crippen molar-refractivity contribution in [2.45, 2.75) is 6.18 Å². The fourth-order valence-corrected chi connectivity index (χ4v) is 1.65. The van der Waals surface area contributed by atoms with Crippen LogP contribution in [0, 0.1) is 0 Å². The van der Waals surface area contributed by atoms with Crippen LogP contribution in [0.5, 0.6) is 5.75 Å². The van der Waals surface area contributed by atoms with E-state index in [9.17, 15) is 13.2 Å². The van der Waals surface area contributed by atoms with E-state index in [-0.39, 0.29) is 5.95 Å². The van der Waals surface area contributed by atoms with Crippen LogP contribution in [-0.2, 0) is 6.18 Å². The zero-order valence-electron chi connectivity index (χ0n) is 10.2. The monoisotopic (exact) mass is 303 g/mol. The van der Waals surface area contributed by atoms with Crippen molar-refractivity contribution in [1.29, 1.82) is 0 Å². The molecule has 8 heteroatoms. The van der Waals surface area contributed by atoms with E-state index in [1.54, 1.807) is 24.3 Å². The Morgan fingerprint density at radius 1 is 1.20 bits per heavy atom. The van der Waals surface area contributed by atoms with Gasteiger partial charge in [0.25, 0.3) is 0 Å². The summed E-state index contributed by atoms with van der Waals surface area (Å²) in [6.45, 7) is 0. The van der Waals surface area contributed by atoms with Gasteiger partial charge in [-0.15, -0.1) is 0 Å². The maximum Gasteiger partial charge on any atom is 0.420 e.